The second-order valence-corrected chi connectivity index (χ2v) is 5.83. The highest BCUT2D eigenvalue weighted by Gasteiger charge is 2.09. The lowest BCUT2D eigenvalue weighted by atomic mass is 10.1. The molecule has 0 bridgehead atoms. The molecule has 0 atom stereocenters. The van der Waals surface area contributed by atoms with Crippen LogP contribution in [0.3, 0.4) is 0 Å². The van der Waals surface area contributed by atoms with Crippen LogP contribution in [0.2, 0.25) is 0 Å². The fourth-order valence-corrected chi connectivity index (χ4v) is 2.72. The molecule has 0 saturated heterocycles. The Bertz CT molecular complexity index is 711. The first-order valence-corrected chi connectivity index (χ1v) is 8.19. The molecule has 1 aromatic heterocycles. The van der Waals surface area contributed by atoms with Gasteiger partial charge in [0, 0.05) is 32.9 Å². The van der Waals surface area contributed by atoms with Crippen molar-refractivity contribution in [3.8, 4) is 0 Å². The van der Waals surface area contributed by atoms with E-state index in [-0.39, 0.29) is 29.8 Å². The number of nitrogens with zero attached hydrogens (tertiary/aromatic N) is 3. The van der Waals surface area contributed by atoms with Gasteiger partial charge in [0.2, 0.25) is 0 Å². The van der Waals surface area contributed by atoms with Gasteiger partial charge in [-0.05, 0) is 49.9 Å². The maximum absolute atomic E-state index is 13.2. The Labute approximate surface area is 166 Å². The molecule has 0 aliphatic heterocycles. The van der Waals surface area contributed by atoms with Crippen LogP contribution in [0.4, 0.5) is 4.39 Å². The van der Waals surface area contributed by atoms with Crippen LogP contribution in [0.25, 0.3) is 0 Å². The van der Waals surface area contributed by atoms with Crippen LogP contribution in [0.5, 0.6) is 0 Å². The molecule has 0 unspecified atom stereocenters. The number of aromatic nitrogens is 2. The Kier molecular flexibility index (Phi) is 8.88. The van der Waals surface area contributed by atoms with Gasteiger partial charge in [-0.3, -0.25) is 9.67 Å². The van der Waals surface area contributed by atoms with Crippen LogP contribution in [0.1, 0.15) is 22.5 Å². The van der Waals surface area contributed by atoms with E-state index in [1.165, 1.54) is 17.3 Å². The molecule has 1 heterocycles. The standard InChI is InChI=1S/C18H26FN5.HI/c1-13-17(14(2)24(4)23-13)9-11-22-18(20-3)21-10-8-15-6-5-7-16(19)12-15;/h5-7,12H,8-11H2,1-4H3,(H2,20,21,22);1H. The molecular formula is C18H27FIN5. The lowest BCUT2D eigenvalue weighted by molar-refractivity contribution is 0.625. The molecule has 7 heteroatoms. The summed E-state index contributed by atoms with van der Waals surface area (Å²) >= 11 is 0. The van der Waals surface area contributed by atoms with Crippen molar-refractivity contribution in [2.24, 2.45) is 12.0 Å². The average Bonchev–Trinajstić information content (AvgIpc) is 2.79. The molecule has 5 nitrogen and oxygen atoms in total. The van der Waals surface area contributed by atoms with Gasteiger partial charge in [0.05, 0.1) is 5.69 Å². The third-order valence-corrected chi connectivity index (χ3v) is 4.15. The number of hydrogen-bond acceptors (Lipinski definition) is 2. The van der Waals surface area contributed by atoms with E-state index in [1.54, 1.807) is 19.2 Å². The van der Waals surface area contributed by atoms with Crippen LogP contribution in [-0.2, 0) is 19.9 Å². The summed E-state index contributed by atoms with van der Waals surface area (Å²) in [7, 11) is 3.71. The first kappa shape index (κ1) is 21.4. The Hall–Kier alpha value is -1.64. The van der Waals surface area contributed by atoms with Crippen molar-refractivity contribution in [3.63, 3.8) is 0 Å². The van der Waals surface area contributed by atoms with E-state index in [0.717, 1.165) is 36.6 Å². The SMILES string of the molecule is CN=C(NCCc1cccc(F)c1)NCCc1c(C)nn(C)c1C.I. The molecule has 1 aromatic carbocycles. The maximum atomic E-state index is 13.2. The van der Waals surface area contributed by atoms with Crippen molar-refractivity contribution in [2.45, 2.75) is 26.7 Å². The van der Waals surface area contributed by atoms with Gasteiger partial charge in [0.15, 0.2) is 5.96 Å². The van der Waals surface area contributed by atoms with Gasteiger partial charge in [-0.2, -0.15) is 5.10 Å². The molecule has 138 valence electrons. The predicted molar refractivity (Wildman–Crippen MR) is 111 cm³/mol. The highest BCUT2D eigenvalue weighted by molar-refractivity contribution is 14.0. The maximum Gasteiger partial charge on any atom is 0.190 e. The second-order valence-electron chi connectivity index (χ2n) is 5.83. The summed E-state index contributed by atoms with van der Waals surface area (Å²) in [6, 6.07) is 6.68. The van der Waals surface area contributed by atoms with Crippen LogP contribution in [0.15, 0.2) is 29.3 Å². The van der Waals surface area contributed by atoms with Gasteiger partial charge >= 0.3 is 0 Å². The van der Waals surface area contributed by atoms with Crippen LogP contribution in [-0.4, -0.2) is 35.9 Å². The molecule has 0 aliphatic carbocycles. The third kappa shape index (κ3) is 6.30. The number of nitrogens with one attached hydrogen (secondary N) is 2. The molecule has 0 aliphatic rings. The minimum atomic E-state index is -0.197. The van der Waals surface area contributed by atoms with E-state index in [9.17, 15) is 4.39 Å². The first-order valence-electron chi connectivity index (χ1n) is 8.19. The number of halogens is 2. The number of guanidine groups is 1. The summed E-state index contributed by atoms with van der Waals surface area (Å²) in [5, 5.41) is 11.0. The van der Waals surface area contributed by atoms with E-state index in [2.05, 4.69) is 27.6 Å². The largest absolute Gasteiger partial charge is 0.356 e. The number of aryl methyl sites for hydroxylation is 2. The van der Waals surface area contributed by atoms with Crippen molar-refractivity contribution >= 4 is 29.9 Å². The molecule has 0 radical (unpaired) electrons. The van der Waals surface area contributed by atoms with Crippen LogP contribution >= 0.6 is 24.0 Å². The van der Waals surface area contributed by atoms with Crippen molar-refractivity contribution in [1.29, 1.82) is 0 Å². The lowest BCUT2D eigenvalue weighted by Gasteiger charge is -2.12. The fraction of sp³-hybridized carbons (Fsp3) is 0.444. The zero-order valence-electron chi connectivity index (χ0n) is 15.3. The average molecular weight is 459 g/mol. The number of hydrogen-bond donors (Lipinski definition) is 2. The fourth-order valence-electron chi connectivity index (χ4n) is 2.72. The summed E-state index contributed by atoms with van der Waals surface area (Å²) in [5.41, 5.74) is 4.52. The van der Waals surface area contributed by atoms with E-state index in [0.29, 0.717) is 6.54 Å². The van der Waals surface area contributed by atoms with E-state index in [1.807, 2.05) is 24.7 Å². The Morgan fingerprint density at radius 1 is 1.20 bits per heavy atom. The Morgan fingerprint density at radius 3 is 2.44 bits per heavy atom. The second kappa shape index (κ2) is 10.4. The monoisotopic (exact) mass is 459 g/mol. The van der Waals surface area contributed by atoms with Gasteiger partial charge < -0.3 is 10.6 Å². The first-order chi connectivity index (χ1) is 11.5. The summed E-state index contributed by atoms with van der Waals surface area (Å²) in [5.74, 6) is 0.558. The highest BCUT2D eigenvalue weighted by atomic mass is 127. The van der Waals surface area contributed by atoms with Crippen molar-refractivity contribution < 1.29 is 4.39 Å². The topological polar surface area (TPSA) is 54.2 Å². The molecule has 25 heavy (non-hydrogen) atoms. The molecule has 2 aromatic rings. The van der Waals surface area contributed by atoms with Gasteiger partial charge in [-0.25, -0.2) is 4.39 Å². The zero-order chi connectivity index (χ0) is 17.5. The third-order valence-electron chi connectivity index (χ3n) is 4.15. The number of aliphatic imine (C=N–C) groups is 1. The minimum absolute atomic E-state index is 0. The molecule has 0 amide bonds. The molecule has 0 saturated carbocycles. The van der Waals surface area contributed by atoms with Crippen LogP contribution < -0.4 is 10.6 Å². The van der Waals surface area contributed by atoms with Gasteiger partial charge in [-0.15, -0.1) is 24.0 Å². The van der Waals surface area contributed by atoms with Crippen molar-refractivity contribution in [2.75, 3.05) is 20.1 Å². The van der Waals surface area contributed by atoms with Gasteiger partial charge in [0.25, 0.3) is 0 Å². The van der Waals surface area contributed by atoms with Crippen molar-refractivity contribution in [1.82, 2.24) is 20.4 Å². The summed E-state index contributed by atoms with van der Waals surface area (Å²) < 4.78 is 15.1. The smallest absolute Gasteiger partial charge is 0.190 e. The van der Waals surface area contributed by atoms with Crippen molar-refractivity contribution in [3.05, 3.63) is 52.6 Å². The van der Waals surface area contributed by atoms with E-state index >= 15 is 0 Å². The molecule has 2 N–H and O–H groups in total. The minimum Gasteiger partial charge on any atom is -0.356 e. The predicted octanol–water partition coefficient (Wildman–Crippen LogP) is 2.74. The normalized spacial score (nSPS) is 11.2. The Morgan fingerprint density at radius 2 is 1.88 bits per heavy atom. The quantitative estimate of drug-likeness (QED) is 0.397. The number of rotatable bonds is 6. The summed E-state index contributed by atoms with van der Waals surface area (Å²) in [6.07, 6.45) is 1.65. The zero-order valence-corrected chi connectivity index (χ0v) is 17.6. The molecule has 0 fully saturated rings. The highest BCUT2D eigenvalue weighted by Crippen LogP contribution is 2.11. The molecule has 0 spiro atoms. The van der Waals surface area contributed by atoms with E-state index < -0.39 is 0 Å². The number of benzene rings is 1. The molecular weight excluding hydrogens is 432 g/mol. The van der Waals surface area contributed by atoms with Crippen LogP contribution in [0, 0.1) is 19.7 Å². The molecule has 2 rings (SSSR count). The summed E-state index contributed by atoms with van der Waals surface area (Å²) in [6.45, 7) is 5.61. The lowest BCUT2D eigenvalue weighted by Crippen LogP contribution is -2.39. The summed E-state index contributed by atoms with van der Waals surface area (Å²) in [4.78, 5) is 4.22. The van der Waals surface area contributed by atoms with Gasteiger partial charge in [0.1, 0.15) is 5.82 Å². The van der Waals surface area contributed by atoms with E-state index in [4.69, 9.17) is 0 Å². The Balaban J connectivity index is 0.00000312. The van der Waals surface area contributed by atoms with Gasteiger partial charge in [-0.1, -0.05) is 12.1 Å².